The third-order valence-electron chi connectivity index (χ3n) is 5.05. The second kappa shape index (κ2) is 9.67. The first-order valence-corrected chi connectivity index (χ1v) is 10.7. The van der Waals surface area contributed by atoms with Crippen LogP contribution in [0.3, 0.4) is 0 Å². The number of allylic oxidation sites excluding steroid dienone is 1. The van der Waals surface area contributed by atoms with Gasteiger partial charge in [-0.1, -0.05) is 64.5 Å². The number of ether oxygens (including phenoxy) is 2. The zero-order valence-electron chi connectivity index (χ0n) is 17.3. The molecule has 0 aliphatic heterocycles. The number of halogens is 2. The smallest absolute Gasteiger partial charge is 0.162 e. The minimum Gasteiger partial charge on any atom is -0.493 e. The maximum Gasteiger partial charge on any atom is 0.162 e. The lowest BCUT2D eigenvalue weighted by atomic mass is 10.00. The second-order valence-electron chi connectivity index (χ2n) is 7.17. The van der Waals surface area contributed by atoms with Crippen molar-refractivity contribution in [1.82, 2.24) is 0 Å². The number of benzene rings is 4. The van der Waals surface area contributed by atoms with Crippen molar-refractivity contribution in [3.8, 4) is 17.6 Å². The molecule has 158 valence electrons. The Balaban J connectivity index is 1.64. The summed E-state index contributed by atoms with van der Waals surface area (Å²) in [6.45, 7) is 0.205. The molecule has 0 fully saturated rings. The molecule has 4 aromatic rings. The Morgan fingerprint density at radius 2 is 1.78 bits per heavy atom. The highest BCUT2D eigenvalue weighted by Gasteiger charge is 2.12. The molecule has 0 spiro atoms. The standard InChI is InChI=1S/C27H19BrFNO2/c1-31-26-14-22(25(28)15-27(26)32-17-18-5-4-8-24(29)11-18)13-23(16-30)21-10-9-19-6-2-3-7-20(19)12-21/h2-15H,17H2,1H3/b23-13-. The van der Waals surface area contributed by atoms with Gasteiger partial charge >= 0.3 is 0 Å². The number of hydrogen-bond acceptors (Lipinski definition) is 3. The van der Waals surface area contributed by atoms with E-state index in [9.17, 15) is 9.65 Å². The molecule has 0 radical (unpaired) electrons. The Morgan fingerprint density at radius 1 is 0.969 bits per heavy atom. The number of rotatable bonds is 6. The van der Waals surface area contributed by atoms with Crippen LogP contribution in [0.4, 0.5) is 4.39 Å². The van der Waals surface area contributed by atoms with E-state index in [2.05, 4.69) is 22.0 Å². The topological polar surface area (TPSA) is 42.2 Å². The van der Waals surface area contributed by atoms with Gasteiger partial charge in [0, 0.05) is 4.47 Å². The highest BCUT2D eigenvalue weighted by molar-refractivity contribution is 9.10. The van der Waals surface area contributed by atoms with Crippen LogP contribution < -0.4 is 9.47 Å². The van der Waals surface area contributed by atoms with E-state index in [1.165, 1.54) is 12.1 Å². The van der Waals surface area contributed by atoms with Crippen molar-refractivity contribution in [2.45, 2.75) is 6.61 Å². The molecule has 5 heteroatoms. The normalized spacial score (nSPS) is 11.2. The summed E-state index contributed by atoms with van der Waals surface area (Å²) in [6, 6.07) is 26.2. The molecular formula is C27H19BrFNO2. The van der Waals surface area contributed by atoms with Crippen molar-refractivity contribution in [2.24, 2.45) is 0 Å². The van der Waals surface area contributed by atoms with Gasteiger partial charge in [-0.2, -0.15) is 5.26 Å². The van der Waals surface area contributed by atoms with Crippen molar-refractivity contribution in [3.63, 3.8) is 0 Å². The lowest BCUT2D eigenvalue weighted by Crippen LogP contribution is -1.99. The molecule has 0 aromatic heterocycles. The number of hydrogen-bond donors (Lipinski definition) is 0. The molecule has 4 rings (SSSR count). The van der Waals surface area contributed by atoms with Crippen molar-refractivity contribution < 1.29 is 13.9 Å². The Kier molecular flexibility index (Phi) is 6.53. The molecule has 0 aliphatic carbocycles. The van der Waals surface area contributed by atoms with Gasteiger partial charge in [-0.3, -0.25) is 0 Å². The van der Waals surface area contributed by atoms with E-state index in [1.54, 1.807) is 25.3 Å². The third-order valence-corrected chi connectivity index (χ3v) is 5.73. The van der Waals surface area contributed by atoms with Gasteiger partial charge in [0.25, 0.3) is 0 Å². The molecule has 0 heterocycles. The molecule has 0 atom stereocenters. The Labute approximate surface area is 194 Å². The summed E-state index contributed by atoms with van der Waals surface area (Å²) >= 11 is 3.57. The Bertz CT molecular complexity index is 1360. The van der Waals surface area contributed by atoms with E-state index in [0.29, 0.717) is 17.1 Å². The summed E-state index contributed by atoms with van der Waals surface area (Å²) in [5.41, 5.74) is 2.87. The second-order valence-corrected chi connectivity index (χ2v) is 8.03. The molecule has 0 aliphatic rings. The van der Waals surface area contributed by atoms with Gasteiger partial charge in [0.05, 0.1) is 18.8 Å². The fourth-order valence-corrected chi connectivity index (χ4v) is 3.85. The summed E-state index contributed by atoms with van der Waals surface area (Å²) in [6.07, 6.45) is 1.81. The van der Waals surface area contributed by atoms with Crippen LogP contribution in [0.1, 0.15) is 16.7 Å². The van der Waals surface area contributed by atoms with Crippen molar-refractivity contribution in [2.75, 3.05) is 7.11 Å². The number of nitriles is 1. The third kappa shape index (κ3) is 4.82. The first-order chi connectivity index (χ1) is 15.6. The minimum absolute atomic E-state index is 0.205. The van der Waals surface area contributed by atoms with Crippen LogP contribution in [-0.4, -0.2) is 7.11 Å². The molecule has 0 amide bonds. The highest BCUT2D eigenvalue weighted by Crippen LogP contribution is 2.36. The predicted molar refractivity (Wildman–Crippen MR) is 129 cm³/mol. The average Bonchev–Trinajstić information content (AvgIpc) is 2.82. The van der Waals surface area contributed by atoms with E-state index in [4.69, 9.17) is 9.47 Å². The van der Waals surface area contributed by atoms with E-state index < -0.39 is 0 Å². The van der Waals surface area contributed by atoms with Crippen molar-refractivity contribution >= 4 is 38.4 Å². The van der Waals surface area contributed by atoms with Crippen LogP contribution in [-0.2, 0) is 6.61 Å². The predicted octanol–water partition coefficient (Wildman–Crippen LogP) is 7.39. The SMILES string of the molecule is COc1cc(/C=C(/C#N)c2ccc3ccccc3c2)c(Br)cc1OCc1cccc(F)c1. The van der Waals surface area contributed by atoms with Crippen LogP contribution in [0.25, 0.3) is 22.4 Å². The molecule has 0 saturated carbocycles. The summed E-state index contributed by atoms with van der Waals surface area (Å²) in [7, 11) is 1.56. The zero-order chi connectivity index (χ0) is 22.5. The molecule has 0 saturated heterocycles. The number of nitrogens with zero attached hydrogens (tertiary/aromatic N) is 1. The quantitative estimate of drug-likeness (QED) is 0.210. The summed E-state index contributed by atoms with van der Waals surface area (Å²) in [5, 5.41) is 12.0. The first kappa shape index (κ1) is 21.6. The first-order valence-electron chi connectivity index (χ1n) is 9.93. The highest BCUT2D eigenvalue weighted by atomic mass is 79.9. The lowest BCUT2D eigenvalue weighted by molar-refractivity contribution is 0.284. The molecular weight excluding hydrogens is 469 g/mol. The molecule has 3 nitrogen and oxygen atoms in total. The van der Waals surface area contributed by atoms with E-state index in [1.807, 2.05) is 54.6 Å². The van der Waals surface area contributed by atoms with Crippen LogP contribution >= 0.6 is 15.9 Å². The van der Waals surface area contributed by atoms with Crippen molar-refractivity contribution in [3.05, 3.63) is 106 Å². The Morgan fingerprint density at radius 3 is 2.53 bits per heavy atom. The van der Waals surface area contributed by atoms with Crippen LogP contribution in [0.2, 0.25) is 0 Å². The van der Waals surface area contributed by atoms with E-state index in [-0.39, 0.29) is 12.4 Å². The van der Waals surface area contributed by atoms with Gasteiger partial charge in [-0.05, 0) is 63.9 Å². The summed E-state index contributed by atoms with van der Waals surface area (Å²) < 4.78 is 25.5. The number of methoxy groups -OCH3 is 1. The molecule has 0 unspecified atom stereocenters. The van der Waals surface area contributed by atoms with Gasteiger partial charge in [0.1, 0.15) is 12.4 Å². The van der Waals surface area contributed by atoms with Crippen LogP contribution in [0.5, 0.6) is 11.5 Å². The maximum atomic E-state index is 13.4. The monoisotopic (exact) mass is 487 g/mol. The number of fused-ring (bicyclic) bond motifs is 1. The van der Waals surface area contributed by atoms with Gasteiger partial charge in [-0.15, -0.1) is 0 Å². The molecule has 4 aromatic carbocycles. The van der Waals surface area contributed by atoms with Gasteiger partial charge < -0.3 is 9.47 Å². The van der Waals surface area contributed by atoms with Gasteiger partial charge in [0.2, 0.25) is 0 Å². The van der Waals surface area contributed by atoms with Crippen molar-refractivity contribution in [1.29, 1.82) is 5.26 Å². The fraction of sp³-hybridized carbons (Fsp3) is 0.0741. The Hall–Kier alpha value is -3.62. The average molecular weight is 488 g/mol. The fourth-order valence-electron chi connectivity index (χ4n) is 3.41. The summed E-state index contributed by atoms with van der Waals surface area (Å²) in [4.78, 5) is 0. The van der Waals surface area contributed by atoms with E-state index in [0.717, 1.165) is 31.9 Å². The molecule has 0 bridgehead atoms. The molecule has 0 N–H and O–H groups in total. The summed E-state index contributed by atoms with van der Waals surface area (Å²) in [5.74, 6) is 0.731. The molecule has 32 heavy (non-hydrogen) atoms. The van der Waals surface area contributed by atoms with Gasteiger partial charge in [0.15, 0.2) is 11.5 Å². The zero-order valence-corrected chi connectivity index (χ0v) is 18.9. The largest absolute Gasteiger partial charge is 0.493 e. The lowest BCUT2D eigenvalue weighted by Gasteiger charge is -2.13. The van der Waals surface area contributed by atoms with Gasteiger partial charge in [-0.25, -0.2) is 4.39 Å². The minimum atomic E-state index is -0.308. The van der Waals surface area contributed by atoms with Crippen LogP contribution in [0, 0.1) is 17.1 Å². The van der Waals surface area contributed by atoms with E-state index >= 15 is 0 Å². The van der Waals surface area contributed by atoms with Crippen LogP contribution in [0.15, 0.2) is 83.3 Å². The maximum absolute atomic E-state index is 13.4.